The first-order valence-corrected chi connectivity index (χ1v) is 9.24. The van der Waals surface area contributed by atoms with Gasteiger partial charge in [0.2, 0.25) is 10.0 Å². The van der Waals surface area contributed by atoms with Crippen LogP contribution in [0.5, 0.6) is 0 Å². The quantitative estimate of drug-likeness (QED) is 0.697. The van der Waals surface area contributed by atoms with Crippen LogP contribution in [0.15, 0.2) is 53.4 Å². The largest absolute Gasteiger partial charge is 0.402 e. The highest BCUT2D eigenvalue weighted by Gasteiger charge is 2.30. The van der Waals surface area contributed by atoms with Gasteiger partial charge in [0.05, 0.1) is 4.90 Å². The molecule has 0 aliphatic heterocycles. The number of hydrogen-bond acceptors (Lipinski definition) is 3. The molecule has 2 aromatic rings. The Hall–Kier alpha value is -2.46. The maximum atomic E-state index is 13.1. The number of sulfonamides is 1. The molecule has 0 radical (unpaired) electrons. The summed E-state index contributed by atoms with van der Waals surface area (Å²) in [6.45, 7) is -1.54. The Morgan fingerprint density at radius 1 is 1.04 bits per heavy atom. The van der Waals surface area contributed by atoms with E-state index in [1.54, 1.807) is 6.07 Å². The Kier molecular flexibility index (Phi) is 6.55. The maximum absolute atomic E-state index is 13.1. The topological polar surface area (TPSA) is 75.3 Å². The summed E-state index contributed by atoms with van der Waals surface area (Å²) in [5, 5.41) is 2.55. The first-order chi connectivity index (χ1) is 12.6. The lowest BCUT2D eigenvalue weighted by Gasteiger charge is -2.10. The number of benzene rings is 2. The molecule has 0 aliphatic carbocycles. The van der Waals surface area contributed by atoms with E-state index in [0.29, 0.717) is 12.0 Å². The van der Waals surface area contributed by atoms with Crippen molar-refractivity contribution in [1.29, 1.82) is 0 Å². The van der Waals surface area contributed by atoms with Crippen LogP contribution in [0, 0.1) is 5.82 Å². The zero-order valence-corrected chi connectivity index (χ0v) is 14.7. The van der Waals surface area contributed by atoms with Crippen molar-refractivity contribution in [3.63, 3.8) is 0 Å². The minimum absolute atomic E-state index is 0.0240. The summed E-state index contributed by atoms with van der Waals surface area (Å²) in [5.74, 6) is -0.998. The molecule has 2 N–H and O–H groups in total. The third-order valence-electron chi connectivity index (χ3n) is 3.46. The van der Waals surface area contributed by atoms with Gasteiger partial charge < -0.3 is 5.32 Å². The molecular weight excluding hydrogens is 388 g/mol. The second-order valence-electron chi connectivity index (χ2n) is 5.60. The maximum Gasteiger partial charge on any atom is 0.402 e. The van der Waals surface area contributed by atoms with Crippen LogP contribution in [-0.2, 0) is 16.4 Å². The smallest absolute Gasteiger partial charge is 0.352 e. The highest BCUT2D eigenvalue weighted by Crippen LogP contribution is 2.16. The Balaban J connectivity index is 2.00. The van der Waals surface area contributed by atoms with Crippen molar-refractivity contribution in [1.82, 2.24) is 10.0 Å². The summed E-state index contributed by atoms with van der Waals surface area (Å²) >= 11 is 0. The van der Waals surface area contributed by atoms with Crippen LogP contribution in [0.2, 0.25) is 0 Å². The second-order valence-corrected chi connectivity index (χ2v) is 7.37. The number of amides is 1. The molecule has 146 valence electrons. The van der Waals surface area contributed by atoms with Crippen LogP contribution in [-0.4, -0.2) is 33.6 Å². The SMILES string of the molecule is O=C(NCCc1cccc(F)c1)c1cccc(S(=O)(=O)NCC(F)(F)F)c1. The Morgan fingerprint density at radius 3 is 2.41 bits per heavy atom. The van der Waals surface area contributed by atoms with Crippen molar-refractivity contribution >= 4 is 15.9 Å². The lowest BCUT2D eigenvalue weighted by atomic mass is 10.1. The van der Waals surface area contributed by atoms with Gasteiger partial charge in [-0.2, -0.15) is 13.2 Å². The average molecular weight is 404 g/mol. The van der Waals surface area contributed by atoms with Gasteiger partial charge in [-0.3, -0.25) is 4.79 Å². The second kappa shape index (κ2) is 8.49. The third kappa shape index (κ3) is 6.65. The standard InChI is InChI=1S/C17H16F4N2O3S/c18-14-5-1-3-12(9-14)7-8-22-16(24)13-4-2-6-15(10-13)27(25,26)23-11-17(19,20)21/h1-6,9-10,23H,7-8,11H2,(H,22,24). The molecule has 0 heterocycles. The van der Waals surface area contributed by atoms with Gasteiger partial charge in [0.15, 0.2) is 0 Å². The summed E-state index contributed by atoms with van der Waals surface area (Å²) in [4.78, 5) is 11.7. The van der Waals surface area contributed by atoms with E-state index in [4.69, 9.17) is 0 Å². The third-order valence-corrected chi connectivity index (χ3v) is 4.86. The average Bonchev–Trinajstić information content (AvgIpc) is 2.60. The number of nitrogens with one attached hydrogen (secondary N) is 2. The van der Waals surface area contributed by atoms with E-state index in [9.17, 15) is 30.8 Å². The van der Waals surface area contributed by atoms with E-state index < -0.39 is 39.4 Å². The fourth-order valence-corrected chi connectivity index (χ4v) is 3.24. The molecule has 2 aromatic carbocycles. The molecule has 0 bridgehead atoms. The van der Waals surface area contributed by atoms with E-state index >= 15 is 0 Å². The summed E-state index contributed by atoms with van der Waals surface area (Å²) in [6.07, 6.45) is -4.34. The predicted molar refractivity (Wildman–Crippen MR) is 90.1 cm³/mol. The number of carbonyl (C=O) groups is 1. The number of rotatable bonds is 7. The van der Waals surface area contributed by atoms with Gasteiger partial charge >= 0.3 is 6.18 Å². The van der Waals surface area contributed by atoms with Crippen LogP contribution in [0.3, 0.4) is 0 Å². The summed E-state index contributed by atoms with van der Waals surface area (Å²) in [6, 6.07) is 10.5. The molecule has 0 aliphatic rings. The molecule has 0 spiro atoms. The number of hydrogen-bond donors (Lipinski definition) is 2. The molecule has 10 heteroatoms. The first kappa shape index (κ1) is 20.8. The highest BCUT2D eigenvalue weighted by molar-refractivity contribution is 7.89. The molecular formula is C17H16F4N2O3S. The number of carbonyl (C=O) groups excluding carboxylic acids is 1. The molecule has 0 atom stereocenters. The van der Waals surface area contributed by atoms with E-state index in [-0.39, 0.29) is 12.1 Å². The zero-order chi connectivity index (χ0) is 20.1. The van der Waals surface area contributed by atoms with Crippen LogP contribution in [0.4, 0.5) is 17.6 Å². The van der Waals surface area contributed by atoms with E-state index in [0.717, 1.165) is 12.1 Å². The van der Waals surface area contributed by atoms with Crippen molar-refractivity contribution in [2.45, 2.75) is 17.5 Å². The van der Waals surface area contributed by atoms with Crippen LogP contribution in [0.25, 0.3) is 0 Å². The van der Waals surface area contributed by atoms with Gasteiger partial charge in [0.25, 0.3) is 5.91 Å². The van der Waals surface area contributed by atoms with E-state index in [2.05, 4.69) is 5.32 Å². The minimum atomic E-state index is -4.70. The molecule has 0 unspecified atom stereocenters. The lowest BCUT2D eigenvalue weighted by Crippen LogP contribution is -2.34. The van der Waals surface area contributed by atoms with Gasteiger partial charge in [0, 0.05) is 12.1 Å². The van der Waals surface area contributed by atoms with Gasteiger partial charge in [-0.05, 0) is 42.3 Å². The van der Waals surface area contributed by atoms with Gasteiger partial charge in [-0.1, -0.05) is 18.2 Å². The molecule has 5 nitrogen and oxygen atoms in total. The Morgan fingerprint density at radius 2 is 1.74 bits per heavy atom. The van der Waals surface area contributed by atoms with Crippen molar-refractivity contribution in [2.75, 3.05) is 13.1 Å². The monoisotopic (exact) mass is 404 g/mol. The summed E-state index contributed by atoms with van der Waals surface area (Å²) in [5.41, 5.74) is 0.645. The minimum Gasteiger partial charge on any atom is -0.352 e. The summed E-state index contributed by atoms with van der Waals surface area (Å²) in [7, 11) is -4.41. The molecule has 1 amide bonds. The van der Waals surface area contributed by atoms with Gasteiger partial charge in [-0.15, -0.1) is 0 Å². The van der Waals surface area contributed by atoms with Gasteiger partial charge in [0.1, 0.15) is 12.4 Å². The van der Waals surface area contributed by atoms with Crippen molar-refractivity contribution in [3.8, 4) is 0 Å². The van der Waals surface area contributed by atoms with Crippen molar-refractivity contribution in [2.24, 2.45) is 0 Å². The normalized spacial score (nSPS) is 12.0. The molecule has 27 heavy (non-hydrogen) atoms. The molecule has 0 saturated heterocycles. The van der Waals surface area contributed by atoms with Crippen molar-refractivity contribution in [3.05, 3.63) is 65.5 Å². The Labute approximate surface area is 153 Å². The number of alkyl halides is 3. The molecule has 2 rings (SSSR count). The summed E-state index contributed by atoms with van der Waals surface area (Å²) < 4.78 is 74.9. The lowest BCUT2D eigenvalue weighted by molar-refractivity contribution is -0.121. The van der Waals surface area contributed by atoms with E-state index in [1.165, 1.54) is 35.1 Å². The van der Waals surface area contributed by atoms with Crippen LogP contribution in [0.1, 0.15) is 15.9 Å². The first-order valence-electron chi connectivity index (χ1n) is 7.76. The van der Waals surface area contributed by atoms with E-state index in [1.807, 2.05) is 0 Å². The highest BCUT2D eigenvalue weighted by atomic mass is 32.2. The fraction of sp³-hybridized carbons (Fsp3) is 0.235. The van der Waals surface area contributed by atoms with Gasteiger partial charge in [-0.25, -0.2) is 17.5 Å². The molecule has 0 saturated carbocycles. The number of halogens is 4. The van der Waals surface area contributed by atoms with Crippen LogP contribution < -0.4 is 10.0 Å². The predicted octanol–water partition coefficient (Wildman–Crippen LogP) is 2.64. The van der Waals surface area contributed by atoms with Crippen molar-refractivity contribution < 1.29 is 30.8 Å². The zero-order valence-electron chi connectivity index (χ0n) is 13.9. The molecule has 0 aromatic heterocycles. The molecule has 0 fully saturated rings. The fourth-order valence-electron chi connectivity index (χ4n) is 2.18. The Bertz CT molecular complexity index is 914. The van der Waals surface area contributed by atoms with Crippen LogP contribution >= 0.6 is 0 Å².